The van der Waals surface area contributed by atoms with Crippen LogP contribution in [0, 0.1) is 6.92 Å². The summed E-state index contributed by atoms with van der Waals surface area (Å²) in [5.41, 5.74) is 2.70. The van der Waals surface area contributed by atoms with Gasteiger partial charge in [-0.05, 0) is 54.5 Å². The summed E-state index contributed by atoms with van der Waals surface area (Å²) < 4.78 is 28.0. The van der Waals surface area contributed by atoms with E-state index >= 15 is 0 Å². The van der Waals surface area contributed by atoms with E-state index in [0.29, 0.717) is 49.9 Å². The first-order valence-electron chi connectivity index (χ1n) is 10.3. The lowest BCUT2D eigenvalue weighted by molar-refractivity contribution is 0.101. The van der Waals surface area contributed by atoms with E-state index in [1.165, 1.54) is 21.3 Å². The summed E-state index contributed by atoms with van der Waals surface area (Å²) in [5.74, 6) is 2.38. The summed E-state index contributed by atoms with van der Waals surface area (Å²) in [6.45, 7) is 2.08. The fraction of sp³-hybridized carbons (Fsp3) is 0.192. The van der Waals surface area contributed by atoms with Crippen LogP contribution in [-0.2, 0) is 6.61 Å². The molecule has 0 unspecified atom stereocenters. The van der Waals surface area contributed by atoms with Crippen molar-refractivity contribution < 1.29 is 28.5 Å². The zero-order chi connectivity index (χ0) is 24.4. The third-order valence-corrected chi connectivity index (χ3v) is 5.92. The van der Waals surface area contributed by atoms with Gasteiger partial charge in [0.05, 0.1) is 26.9 Å². The number of hydrogen-bond donors (Lipinski definition) is 0. The predicted octanol–water partition coefficient (Wildman–Crippen LogP) is 6.52. The Hall–Kier alpha value is -3.35. The minimum atomic E-state index is -0.214. The smallest absolute Gasteiger partial charge is 0.232 e. The minimum absolute atomic E-state index is 0.185. The summed E-state index contributed by atoms with van der Waals surface area (Å²) in [4.78, 5) is 13.1. The third-order valence-electron chi connectivity index (χ3n) is 5.34. The van der Waals surface area contributed by atoms with E-state index in [1.54, 1.807) is 42.5 Å². The molecule has 3 aromatic rings. The second-order valence-electron chi connectivity index (χ2n) is 7.54. The maximum atomic E-state index is 13.1. The van der Waals surface area contributed by atoms with Crippen molar-refractivity contribution in [3.63, 3.8) is 0 Å². The number of hydrogen-bond acceptors (Lipinski definition) is 6. The molecule has 0 spiro atoms. The summed E-state index contributed by atoms with van der Waals surface area (Å²) in [7, 11) is 4.59. The number of carbonyl (C=O) groups excluding carboxylic acids is 1. The molecule has 176 valence electrons. The molecule has 0 atom stereocenters. The highest BCUT2D eigenvalue weighted by molar-refractivity contribution is 6.35. The summed E-state index contributed by atoms with van der Waals surface area (Å²) >= 11 is 12.2. The number of ether oxygens (including phenoxy) is 5. The van der Waals surface area contributed by atoms with Crippen molar-refractivity contribution in [2.45, 2.75) is 13.5 Å². The number of rotatable bonds is 7. The van der Waals surface area contributed by atoms with Gasteiger partial charge in [0.25, 0.3) is 0 Å². The second-order valence-corrected chi connectivity index (χ2v) is 8.38. The highest BCUT2D eigenvalue weighted by Crippen LogP contribution is 2.41. The molecule has 0 saturated heterocycles. The number of aryl methyl sites for hydroxylation is 1. The molecule has 34 heavy (non-hydrogen) atoms. The average Bonchev–Trinajstić information content (AvgIpc) is 3.13. The highest BCUT2D eigenvalue weighted by Gasteiger charge is 2.30. The van der Waals surface area contributed by atoms with Crippen molar-refractivity contribution in [1.29, 1.82) is 0 Å². The molecule has 4 rings (SSSR count). The molecule has 1 aliphatic heterocycles. The lowest BCUT2D eigenvalue weighted by Gasteiger charge is -2.13. The first kappa shape index (κ1) is 23.8. The Morgan fingerprint density at radius 3 is 2.26 bits per heavy atom. The number of allylic oxidation sites excluding steroid dienone is 1. The molecule has 0 bridgehead atoms. The van der Waals surface area contributed by atoms with Crippen molar-refractivity contribution in [2.24, 2.45) is 0 Å². The molecule has 1 heterocycles. The van der Waals surface area contributed by atoms with Crippen LogP contribution >= 0.6 is 23.2 Å². The van der Waals surface area contributed by atoms with E-state index in [2.05, 4.69) is 0 Å². The molecule has 0 radical (unpaired) electrons. The van der Waals surface area contributed by atoms with Crippen LogP contribution in [0.3, 0.4) is 0 Å². The lowest BCUT2D eigenvalue weighted by atomic mass is 10.0. The van der Waals surface area contributed by atoms with Gasteiger partial charge in [-0.1, -0.05) is 29.3 Å². The molecule has 1 aliphatic rings. The molecule has 8 heteroatoms. The van der Waals surface area contributed by atoms with Gasteiger partial charge in [0.2, 0.25) is 11.5 Å². The van der Waals surface area contributed by atoms with Gasteiger partial charge in [0.15, 0.2) is 17.3 Å². The van der Waals surface area contributed by atoms with Gasteiger partial charge in [0.1, 0.15) is 18.1 Å². The summed E-state index contributed by atoms with van der Waals surface area (Å²) in [6.07, 6.45) is 1.64. The standard InChI is InChI=1S/C26H22Cl2O6/c1-14-7-18(33-13-16-5-6-17(27)11-19(16)28)12-20-24(14)25(29)21(34-20)8-15-9-22(30-2)26(32-4)23(10-15)31-3/h5-12H,13H2,1-4H3/b21-8-. The molecule has 0 aliphatic carbocycles. The van der Waals surface area contributed by atoms with Gasteiger partial charge in [-0.15, -0.1) is 0 Å². The molecule has 0 saturated carbocycles. The molecule has 0 aromatic heterocycles. The average molecular weight is 501 g/mol. The van der Waals surface area contributed by atoms with Crippen molar-refractivity contribution in [1.82, 2.24) is 0 Å². The Kier molecular flexibility index (Phi) is 6.91. The van der Waals surface area contributed by atoms with Crippen LogP contribution < -0.4 is 23.7 Å². The van der Waals surface area contributed by atoms with Crippen LogP contribution in [0.5, 0.6) is 28.7 Å². The first-order chi connectivity index (χ1) is 16.3. The van der Waals surface area contributed by atoms with Crippen molar-refractivity contribution in [3.8, 4) is 28.7 Å². The van der Waals surface area contributed by atoms with Gasteiger partial charge in [-0.3, -0.25) is 4.79 Å². The fourth-order valence-electron chi connectivity index (χ4n) is 3.70. The van der Waals surface area contributed by atoms with Crippen molar-refractivity contribution in [3.05, 3.63) is 80.5 Å². The quantitative estimate of drug-likeness (QED) is 0.344. The van der Waals surface area contributed by atoms with E-state index in [-0.39, 0.29) is 18.1 Å². The fourth-order valence-corrected chi connectivity index (χ4v) is 4.16. The van der Waals surface area contributed by atoms with E-state index in [9.17, 15) is 4.79 Å². The molecule has 3 aromatic carbocycles. The van der Waals surface area contributed by atoms with Gasteiger partial charge in [-0.25, -0.2) is 0 Å². The highest BCUT2D eigenvalue weighted by atomic mass is 35.5. The Morgan fingerprint density at radius 2 is 1.65 bits per heavy atom. The van der Waals surface area contributed by atoms with Crippen LogP contribution in [0.15, 0.2) is 48.2 Å². The number of Topliss-reactive ketones (excluding diaryl/α,β-unsaturated/α-hetero) is 1. The minimum Gasteiger partial charge on any atom is -0.493 e. The van der Waals surface area contributed by atoms with E-state index < -0.39 is 0 Å². The Labute approximate surface area is 207 Å². The molecular formula is C26H22Cl2O6. The number of methoxy groups -OCH3 is 3. The normalized spacial score (nSPS) is 13.5. The number of benzene rings is 3. The van der Waals surface area contributed by atoms with Crippen LogP contribution in [0.25, 0.3) is 6.08 Å². The van der Waals surface area contributed by atoms with Gasteiger partial charge < -0.3 is 23.7 Å². The van der Waals surface area contributed by atoms with E-state index in [0.717, 1.165) is 11.1 Å². The third kappa shape index (κ3) is 4.65. The maximum Gasteiger partial charge on any atom is 0.232 e. The first-order valence-corrected chi connectivity index (χ1v) is 11.1. The largest absolute Gasteiger partial charge is 0.493 e. The van der Waals surface area contributed by atoms with Crippen molar-refractivity contribution >= 4 is 35.1 Å². The van der Waals surface area contributed by atoms with Crippen LogP contribution in [-0.4, -0.2) is 27.1 Å². The van der Waals surface area contributed by atoms with Crippen LogP contribution in [0.4, 0.5) is 0 Å². The van der Waals surface area contributed by atoms with Crippen LogP contribution in [0.2, 0.25) is 10.0 Å². The zero-order valence-electron chi connectivity index (χ0n) is 19.0. The SMILES string of the molecule is COc1cc(/C=C2\Oc3cc(OCc4ccc(Cl)cc4Cl)cc(C)c3C2=O)cc(OC)c1OC. The summed E-state index contributed by atoms with van der Waals surface area (Å²) in [6, 6.07) is 12.2. The van der Waals surface area contributed by atoms with E-state index in [1.807, 2.05) is 13.0 Å². The zero-order valence-corrected chi connectivity index (χ0v) is 20.5. The van der Waals surface area contributed by atoms with Gasteiger partial charge in [0, 0.05) is 21.7 Å². The topological polar surface area (TPSA) is 63.2 Å². The number of halogens is 2. The van der Waals surface area contributed by atoms with Gasteiger partial charge >= 0.3 is 0 Å². The number of fused-ring (bicyclic) bond motifs is 1. The van der Waals surface area contributed by atoms with Crippen molar-refractivity contribution in [2.75, 3.05) is 21.3 Å². The Balaban J connectivity index is 1.60. The number of carbonyl (C=O) groups is 1. The molecular weight excluding hydrogens is 479 g/mol. The Morgan fingerprint density at radius 1 is 0.941 bits per heavy atom. The second kappa shape index (κ2) is 9.87. The van der Waals surface area contributed by atoms with Gasteiger partial charge in [-0.2, -0.15) is 0 Å². The molecule has 0 amide bonds. The molecule has 0 fully saturated rings. The monoisotopic (exact) mass is 500 g/mol. The predicted molar refractivity (Wildman–Crippen MR) is 131 cm³/mol. The summed E-state index contributed by atoms with van der Waals surface area (Å²) in [5, 5.41) is 1.08. The van der Waals surface area contributed by atoms with E-state index in [4.69, 9.17) is 46.9 Å². The molecule has 6 nitrogen and oxygen atoms in total. The lowest BCUT2D eigenvalue weighted by Crippen LogP contribution is -2.01. The van der Waals surface area contributed by atoms with Crippen LogP contribution in [0.1, 0.15) is 27.0 Å². The molecule has 0 N–H and O–H groups in total. The number of ketones is 1. The maximum absolute atomic E-state index is 13.1. The Bertz CT molecular complexity index is 1270.